The van der Waals surface area contributed by atoms with Gasteiger partial charge in [-0.25, -0.2) is 18.7 Å². The third kappa shape index (κ3) is 3.85. The summed E-state index contributed by atoms with van der Waals surface area (Å²) in [4.78, 5) is 8.80. The Labute approximate surface area is 170 Å². The molecule has 29 heavy (non-hydrogen) atoms. The van der Waals surface area contributed by atoms with Gasteiger partial charge >= 0.3 is 6.18 Å². The summed E-state index contributed by atoms with van der Waals surface area (Å²) >= 11 is 3.12. The van der Waals surface area contributed by atoms with Gasteiger partial charge in [0.05, 0.1) is 22.5 Å². The summed E-state index contributed by atoms with van der Waals surface area (Å²) < 4.78 is 67.3. The monoisotopic (exact) mass is 464 g/mol. The Morgan fingerprint density at radius 3 is 1.79 bits per heavy atom. The summed E-state index contributed by atoms with van der Waals surface area (Å²) in [5, 5.41) is 0. The average Bonchev–Trinajstić information content (AvgIpc) is 2.66. The smallest absolute Gasteiger partial charge is 0.244 e. The molecule has 0 aliphatic carbocycles. The van der Waals surface area contributed by atoms with Gasteiger partial charge in [-0.05, 0) is 52.3 Å². The standard InChI is InChI=1S/C21H10BrF5N2/c22-16-9-13(21(25,26)27)10-17-20(16)29-19(12-4-2-6-15(24)8-12)18(28-17)11-3-1-5-14(23)7-11/h1-10H. The highest BCUT2D eigenvalue weighted by Crippen LogP contribution is 2.37. The number of rotatable bonds is 2. The highest BCUT2D eigenvalue weighted by molar-refractivity contribution is 9.10. The van der Waals surface area contributed by atoms with Crippen LogP contribution in [0.4, 0.5) is 22.0 Å². The molecule has 1 aromatic heterocycles. The molecule has 0 N–H and O–H groups in total. The van der Waals surface area contributed by atoms with E-state index in [0.29, 0.717) is 11.1 Å². The Morgan fingerprint density at radius 1 is 0.724 bits per heavy atom. The van der Waals surface area contributed by atoms with E-state index in [2.05, 4.69) is 25.9 Å². The summed E-state index contributed by atoms with van der Waals surface area (Å²) in [6, 6.07) is 12.8. The highest BCUT2D eigenvalue weighted by atomic mass is 79.9. The number of aromatic nitrogens is 2. The predicted molar refractivity (Wildman–Crippen MR) is 103 cm³/mol. The normalized spacial score (nSPS) is 11.8. The zero-order valence-corrected chi connectivity index (χ0v) is 16.0. The van der Waals surface area contributed by atoms with Gasteiger partial charge in [-0.3, -0.25) is 0 Å². The highest BCUT2D eigenvalue weighted by Gasteiger charge is 2.32. The Morgan fingerprint density at radius 2 is 1.28 bits per heavy atom. The van der Waals surface area contributed by atoms with E-state index in [-0.39, 0.29) is 26.9 Å². The summed E-state index contributed by atoms with van der Waals surface area (Å²) in [7, 11) is 0. The van der Waals surface area contributed by atoms with E-state index in [1.54, 1.807) is 12.1 Å². The first-order chi connectivity index (χ1) is 13.7. The van der Waals surface area contributed by atoms with Gasteiger partial charge in [0.15, 0.2) is 0 Å². The number of benzene rings is 3. The average molecular weight is 465 g/mol. The SMILES string of the molecule is Fc1cccc(-c2nc3cc(C(F)(F)F)cc(Br)c3nc2-c2cccc(F)c2)c1. The molecule has 0 saturated heterocycles. The van der Waals surface area contributed by atoms with Gasteiger partial charge in [-0.1, -0.05) is 24.3 Å². The van der Waals surface area contributed by atoms with Crippen LogP contribution in [0, 0.1) is 11.6 Å². The first-order valence-corrected chi connectivity index (χ1v) is 9.12. The molecule has 0 unspecified atom stereocenters. The molecule has 4 rings (SSSR count). The summed E-state index contributed by atoms with van der Waals surface area (Å²) in [6.45, 7) is 0. The molecule has 146 valence electrons. The van der Waals surface area contributed by atoms with Crippen molar-refractivity contribution in [3.63, 3.8) is 0 Å². The van der Waals surface area contributed by atoms with Crippen molar-refractivity contribution in [2.45, 2.75) is 6.18 Å². The summed E-state index contributed by atoms with van der Waals surface area (Å²) in [6.07, 6.45) is -4.57. The van der Waals surface area contributed by atoms with Crippen LogP contribution in [0.15, 0.2) is 65.1 Å². The molecular weight excluding hydrogens is 455 g/mol. The van der Waals surface area contributed by atoms with Crippen molar-refractivity contribution in [1.29, 1.82) is 0 Å². The molecule has 1 heterocycles. The first-order valence-electron chi connectivity index (χ1n) is 8.33. The fourth-order valence-corrected chi connectivity index (χ4v) is 3.49. The molecule has 0 aliphatic heterocycles. The van der Waals surface area contributed by atoms with E-state index >= 15 is 0 Å². The minimum atomic E-state index is -4.57. The molecule has 0 atom stereocenters. The maximum atomic E-state index is 13.8. The van der Waals surface area contributed by atoms with Crippen LogP contribution in [0.3, 0.4) is 0 Å². The molecular formula is C21H10BrF5N2. The maximum absolute atomic E-state index is 13.8. The van der Waals surface area contributed by atoms with Crippen molar-refractivity contribution >= 4 is 27.0 Å². The van der Waals surface area contributed by atoms with Crippen LogP contribution in [-0.4, -0.2) is 9.97 Å². The van der Waals surface area contributed by atoms with E-state index in [4.69, 9.17) is 0 Å². The Bertz CT molecular complexity index is 1240. The number of hydrogen-bond acceptors (Lipinski definition) is 2. The quantitative estimate of drug-likeness (QED) is 0.298. The number of alkyl halides is 3. The Balaban J connectivity index is 2.07. The van der Waals surface area contributed by atoms with Crippen molar-refractivity contribution in [3.05, 3.63) is 82.3 Å². The van der Waals surface area contributed by atoms with Crippen molar-refractivity contribution < 1.29 is 22.0 Å². The van der Waals surface area contributed by atoms with Crippen LogP contribution in [0.2, 0.25) is 0 Å². The van der Waals surface area contributed by atoms with Crippen LogP contribution < -0.4 is 0 Å². The third-order valence-electron chi connectivity index (χ3n) is 4.25. The van der Waals surface area contributed by atoms with Gasteiger partial charge < -0.3 is 0 Å². The van der Waals surface area contributed by atoms with E-state index in [0.717, 1.165) is 12.1 Å². The van der Waals surface area contributed by atoms with Gasteiger partial charge in [-0.15, -0.1) is 0 Å². The van der Waals surface area contributed by atoms with Crippen LogP contribution in [0.25, 0.3) is 33.5 Å². The van der Waals surface area contributed by atoms with Crippen LogP contribution in [0.5, 0.6) is 0 Å². The molecule has 4 aromatic rings. The zero-order chi connectivity index (χ0) is 20.8. The molecule has 8 heteroatoms. The second kappa shape index (κ2) is 7.18. The van der Waals surface area contributed by atoms with E-state index < -0.39 is 23.4 Å². The van der Waals surface area contributed by atoms with E-state index in [1.165, 1.54) is 36.4 Å². The zero-order valence-electron chi connectivity index (χ0n) is 14.4. The summed E-state index contributed by atoms with van der Waals surface area (Å²) in [5.74, 6) is -1.05. The van der Waals surface area contributed by atoms with Gasteiger partial charge in [0.2, 0.25) is 0 Å². The van der Waals surface area contributed by atoms with Crippen LogP contribution >= 0.6 is 15.9 Å². The molecule has 0 radical (unpaired) electrons. The van der Waals surface area contributed by atoms with Gasteiger partial charge in [0.25, 0.3) is 0 Å². The Hall–Kier alpha value is -2.87. The molecule has 0 fully saturated rings. The van der Waals surface area contributed by atoms with Gasteiger partial charge in [-0.2, -0.15) is 13.2 Å². The van der Waals surface area contributed by atoms with Gasteiger partial charge in [0, 0.05) is 15.6 Å². The third-order valence-corrected chi connectivity index (χ3v) is 4.85. The first kappa shape index (κ1) is 19.4. The van der Waals surface area contributed by atoms with Crippen molar-refractivity contribution in [2.24, 2.45) is 0 Å². The molecule has 0 spiro atoms. The topological polar surface area (TPSA) is 25.8 Å². The second-order valence-corrected chi connectivity index (χ2v) is 7.12. The van der Waals surface area contributed by atoms with E-state index in [1.807, 2.05) is 0 Å². The minimum absolute atomic E-state index is 0.0221. The molecule has 2 nitrogen and oxygen atoms in total. The minimum Gasteiger partial charge on any atom is -0.244 e. The van der Waals surface area contributed by atoms with Gasteiger partial charge in [0.1, 0.15) is 17.2 Å². The molecule has 0 bridgehead atoms. The lowest BCUT2D eigenvalue weighted by atomic mass is 10.0. The lowest BCUT2D eigenvalue weighted by Gasteiger charge is -2.13. The van der Waals surface area contributed by atoms with Crippen LogP contribution in [-0.2, 0) is 6.18 Å². The molecule has 0 aliphatic rings. The number of fused-ring (bicyclic) bond motifs is 1. The lowest BCUT2D eigenvalue weighted by Crippen LogP contribution is -2.06. The lowest BCUT2D eigenvalue weighted by molar-refractivity contribution is -0.137. The fourth-order valence-electron chi connectivity index (χ4n) is 2.96. The van der Waals surface area contributed by atoms with Crippen LogP contribution in [0.1, 0.15) is 5.56 Å². The number of hydrogen-bond donors (Lipinski definition) is 0. The van der Waals surface area contributed by atoms with Crippen molar-refractivity contribution in [1.82, 2.24) is 9.97 Å². The number of nitrogens with zero attached hydrogens (tertiary/aromatic N) is 2. The largest absolute Gasteiger partial charge is 0.416 e. The second-order valence-electron chi connectivity index (χ2n) is 6.27. The maximum Gasteiger partial charge on any atom is 0.416 e. The van der Waals surface area contributed by atoms with Crippen molar-refractivity contribution in [3.8, 4) is 22.5 Å². The molecule has 0 saturated carbocycles. The molecule has 0 amide bonds. The predicted octanol–water partition coefficient (Wildman–Crippen LogP) is 7.02. The summed E-state index contributed by atoms with van der Waals surface area (Å²) in [5.41, 5.74) is 0.313. The fraction of sp³-hybridized carbons (Fsp3) is 0.0476. The van der Waals surface area contributed by atoms with Crippen molar-refractivity contribution in [2.75, 3.05) is 0 Å². The number of halogens is 6. The molecule has 3 aromatic carbocycles. The van der Waals surface area contributed by atoms with E-state index in [9.17, 15) is 22.0 Å². The Kier molecular flexibility index (Phi) is 4.82.